The summed E-state index contributed by atoms with van der Waals surface area (Å²) in [7, 11) is 0. The van der Waals surface area contributed by atoms with Crippen molar-refractivity contribution in [2.24, 2.45) is 22.9 Å². The fraction of sp³-hybridized carbons (Fsp3) is 0.448. The molecule has 0 bridgehead atoms. The number of aromatic nitrogens is 1. The van der Waals surface area contributed by atoms with Crippen LogP contribution in [0.15, 0.2) is 54.9 Å². The molecule has 0 aliphatic carbocycles. The first-order chi connectivity index (χ1) is 20.6. The van der Waals surface area contributed by atoms with Gasteiger partial charge in [0.1, 0.15) is 18.1 Å². The molecule has 14 heteroatoms. The van der Waals surface area contributed by atoms with Gasteiger partial charge in [-0.05, 0) is 55.8 Å². The number of carbonyl (C=O) groups excluding carboxylic acids is 4. The van der Waals surface area contributed by atoms with Gasteiger partial charge >= 0.3 is 0 Å². The van der Waals surface area contributed by atoms with Crippen LogP contribution in [0.2, 0.25) is 0 Å². The number of carbonyl (C=O) groups is 4. The molecule has 2 aromatic rings. The third-order valence-corrected chi connectivity index (χ3v) is 6.66. The highest BCUT2D eigenvalue weighted by Crippen LogP contribution is 2.08. The number of guanidine groups is 1. The van der Waals surface area contributed by atoms with E-state index in [1.807, 2.05) is 30.3 Å². The van der Waals surface area contributed by atoms with E-state index in [4.69, 9.17) is 28.3 Å². The van der Waals surface area contributed by atoms with Gasteiger partial charge in [0, 0.05) is 31.8 Å². The zero-order valence-electron chi connectivity index (χ0n) is 24.3. The van der Waals surface area contributed by atoms with E-state index >= 15 is 0 Å². The molecule has 0 spiro atoms. The lowest BCUT2D eigenvalue weighted by atomic mass is 10.0. The Morgan fingerprint density at radius 3 is 2.02 bits per heavy atom. The summed E-state index contributed by atoms with van der Waals surface area (Å²) in [5.74, 6) is -2.62. The van der Waals surface area contributed by atoms with Gasteiger partial charge in [-0.15, -0.1) is 0 Å². The largest absolute Gasteiger partial charge is 0.370 e. The van der Waals surface area contributed by atoms with Crippen LogP contribution in [-0.4, -0.2) is 71.8 Å². The Kier molecular flexibility index (Phi) is 15.1. The molecule has 0 saturated carbocycles. The second kappa shape index (κ2) is 18.8. The Morgan fingerprint density at radius 2 is 1.40 bits per heavy atom. The molecule has 1 aromatic heterocycles. The van der Waals surface area contributed by atoms with Crippen molar-refractivity contribution >= 4 is 29.6 Å². The number of hydrogen-bond donors (Lipinski definition) is 9. The lowest BCUT2D eigenvalue weighted by Crippen LogP contribution is -2.58. The van der Waals surface area contributed by atoms with Gasteiger partial charge in [0.05, 0.1) is 6.04 Å². The molecule has 4 atom stereocenters. The summed E-state index contributed by atoms with van der Waals surface area (Å²) in [4.78, 5) is 56.1. The first-order valence-corrected chi connectivity index (χ1v) is 14.3. The Hall–Kier alpha value is -4.56. The number of primary amides is 1. The highest BCUT2D eigenvalue weighted by atomic mass is 16.2. The fourth-order valence-electron chi connectivity index (χ4n) is 4.30. The van der Waals surface area contributed by atoms with Crippen molar-refractivity contribution in [3.63, 3.8) is 0 Å². The third-order valence-electron chi connectivity index (χ3n) is 6.66. The highest BCUT2D eigenvalue weighted by molar-refractivity contribution is 5.94. The molecule has 13 N–H and O–H groups in total. The van der Waals surface area contributed by atoms with E-state index in [-0.39, 0.29) is 31.6 Å². The van der Waals surface area contributed by atoms with E-state index in [0.717, 1.165) is 5.56 Å². The van der Waals surface area contributed by atoms with Crippen molar-refractivity contribution in [1.82, 2.24) is 26.3 Å². The van der Waals surface area contributed by atoms with Gasteiger partial charge in [-0.3, -0.25) is 29.6 Å². The molecule has 14 nitrogen and oxygen atoms in total. The van der Waals surface area contributed by atoms with Gasteiger partial charge in [0.2, 0.25) is 23.6 Å². The number of amides is 4. The van der Waals surface area contributed by atoms with Gasteiger partial charge < -0.3 is 44.2 Å². The van der Waals surface area contributed by atoms with Crippen LogP contribution in [0.4, 0.5) is 0 Å². The van der Waals surface area contributed by atoms with Crippen molar-refractivity contribution in [2.45, 2.75) is 69.1 Å². The van der Waals surface area contributed by atoms with Crippen molar-refractivity contribution in [3.8, 4) is 0 Å². The van der Waals surface area contributed by atoms with E-state index in [1.165, 1.54) is 0 Å². The predicted molar refractivity (Wildman–Crippen MR) is 163 cm³/mol. The fourth-order valence-corrected chi connectivity index (χ4v) is 4.30. The van der Waals surface area contributed by atoms with Crippen molar-refractivity contribution in [2.75, 3.05) is 13.1 Å². The zero-order valence-corrected chi connectivity index (χ0v) is 24.3. The summed E-state index contributed by atoms with van der Waals surface area (Å²) in [5.41, 5.74) is 24.1. The third kappa shape index (κ3) is 13.3. The summed E-state index contributed by atoms with van der Waals surface area (Å²) in [5, 5.41) is 18.0. The Labute approximate surface area is 251 Å². The normalized spacial score (nSPS) is 13.5. The van der Waals surface area contributed by atoms with Crippen LogP contribution in [0.25, 0.3) is 0 Å². The molecular weight excluding hydrogens is 552 g/mol. The number of nitrogens with two attached hydrogens (primary N) is 4. The van der Waals surface area contributed by atoms with Gasteiger partial charge in [0.25, 0.3) is 0 Å². The minimum atomic E-state index is -1.07. The molecule has 0 saturated heterocycles. The van der Waals surface area contributed by atoms with Crippen LogP contribution in [0.5, 0.6) is 0 Å². The SMILES string of the molecule is N=C(N)NCCC[C@@H](N)C(=O)N[C@@H](Cc1cccnc1)C(=O)N[C@@H](CCCCN)C(=O)N[C@@H](Cc1ccccc1)C(N)=O. The first-order valence-electron chi connectivity index (χ1n) is 14.3. The van der Waals surface area contributed by atoms with Crippen LogP contribution in [0, 0.1) is 5.41 Å². The molecule has 4 amide bonds. The molecular formula is C29H44N10O4. The maximum absolute atomic E-state index is 13.6. The maximum atomic E-state index is 13.6. The first kappa shape index (κ1) is 34.6. The summed E-state index contributed by atoms with van der Waals surface area (Å²) in [6.07, 6.45) is 5.61. The molecule has 0 unspecified atom stereocenters. The molecule has 0 fully saturated rings. The molecule has 234 valence electrons. The zero-order chi connectivity index (χ0) is 31.6. The number of rotatable bonds is 19. The molecule has 0 aliphatic rings. The average molecular weight is 597 g/mol. The molecule has 43 heavy (non-hydrogen) atoms. The number of unbranched alkanes of at least 4 members (excludes halogenated alkanes) is 1. The topological polar surface area (TPSA) is 257 Å². The predicted octanol–water partition coefficient (Wildman–Crippen LogP) is -1.47. The van der Waals surface area contributed by atoms with E-state index in [9.17, 15) is 19.2 Å². The molecule has 1 aromatic carbocycles. The lowest BCUT2D eigenvalue weighted by molar-refractivity contribution is -0.133. The van der Waals surface area contributed by atoms with Gasteiger partial charge in [-0.1, -0.05) is 36.4 Å². The maximum Gasteiger partial charge on any atom is 0.243 e. The summed E-state index contributed by atoms with van der Waals surface area (Å²) in [6, 6.07) is 8.57. The number of pyridine rings is 1. The van der Waals surface area contributed by atoms with Crippen molar-refractivity contribution in [1.29, 1.82) is 5.41 Å². The number of hydrogen-bond acceptors (Lipinski definition) is 8. The second-order valence-corrected chi connectivity index (χ2v) is 10.2. The van der Waals surface area contributed by atoms with Crippen LogP contribution < -0.4 is 44.2 Å². The number of benzene rings is 1. The van der Waals surface area contributed by atoms with Gasteiger partial charge in [-0.25, -0.2) is 0 Å². The minimum Gasteiger partial charge on any atom is -0.370 e. The smallest absolute Gasteiger partial charge is 0.243 e. The lowest BCUT2D eigenvalue weighted by Gasteiger charge is -2.25. The number of nitrogens with one attached hydrogen (secondary N) is 5. The van der Waals surface area contributed by atoms with E-state index in [1.54, 1.807) is 24.5 Å². The van der Waals surface area contributed by atoms with E-state index in [2.05, 4.69) is 26.3 Å². The standard InChI is InChI=1S/C29H44N10O4/c30-13-5-4-12-22(27(42)38-23(25(32)40)16-19-8-2-1-3-9-19)37-28(43)24(17-20-10-6-14-35-18-20)39-26(41)21(31)11-7-15-36-29(33)34/h1-3,6,8-10,14,18,21-24H,4-5,7,11-13,15-17,30-31H2,(H2,32,40)(H,37,43)(H,38,42)(H,39,41)(H4,33,34,36)/t21-,22+,23+,24+/m1/s1. The quantitative estimate of drug-likeness (QED) is 0.0520. The average Bonchev–Trinajstić information content (AvgIpc) is 2.98. The monoisotopic (exact) mass is 596 g/mol. The van der Waals surface area contributed by atoms with Crippen molar-refractivity contribution in [3.05, 3.63) is 66.0 Å². The van der Waals surface area contributed by atoms with Crippen LogP contribution in [0.1, 0.15) is 43.2 Å². The van der Waals surface area contributed by atoms with Crippen LogP contribution >= 0.6 is 0 Å². The Balaban J connectivity index is 2.17. The Morgan fingerprint density at radius 1 is 0.767 bits per heavy atom. The highest BCUT2D eigenvalue weighted by Gasteiger charge is 2.30. The molecule has 0 aliphatic heterocycles. The minimum absolute atomic E-state index is 0.0963. The molecule has 2 rings (SSSR count). The summed E-state index contributed by atoms with van der Waals surface area (Å²) in [6.45, 7) is 0.770. The Bertz CT molecular complexity index is 1180. The van der Waals surface area contributed by atoms with E-state index < -0.39 is 47.8 Å². The van der Waals surface area contributed by atoms with Crippen LogP contribution in [-0.2, 0) is 32.0 Å². The van der Waals surface area contributed by atoms with Gasteiger partial charge in [-0.2, -0.15) is 0 Å². The molecule has 0 radical (unpaired) electrons. The summed E-state index contributed by atoms with van der Waals surface area (Å²) >= 11 is 0. The van der Waals surface area contributed by atoms with Crippen LogP contribution in [0.3, 0.4) is 0 Å². The second-order valence-electron chi connectivity index (χ2n) is 10.2. The summed E-state index contributed by atoms with van der Waals surface area (Å²) < 4.78 is 0. The van der Waals surface area contributed by atoms with E-state index in [0.29, 0.717) is 37.9 Å². The van der Waals surface area contributed by atoms with Crippen molar-refractivity contribution < 1.29 is 19.2 Å². The number of nitrogens with zero attached hydrogens (tertiary/aromatic N) is 1. The van der Waals surface area contributed by atoms with Gasteiger partial charge in [0.15, 0.2) is 5.96 Å². The molecule has 1 heterocycles.